The van der Waals surface area contributed by atoms with Crippen LogP contribution in [0.2, 0.25) is 5.02 Å². The monoisotopic (exact) mass is 631 g/mol. The largest absolute Gasteiger partial charge is 0.493 e. The summed E-state index contributed by atoms with van der Waals surface area (Å²) >= 11 is 6.05. The Morgan fingerprint density at radius 3 is 2.21 bits per heavy atom. The molecule has 0 aromatic heterocycles. The summed E-state index contributed by atoms with van der Waals surface area (Å²) in [4.78, 5) is 28.5. The van der Waals surface area contributed by atoms with Gasteiger partial charge in [0.15, 0.2) is 11.5 Å². The number of ether oxygens (including phenoxy) is 2. The fourth-order valence-electron chi connectivity index (χ4n) is 5.00. The highest BCUT2D eigenvalue weighted by Gasteiger charge is 2.34. The summed E-state index contributed by atoms with van der Waals surface area (Å²) in [6.45, 7) is 0.989. The molecule has 3 aromatic carbocycles. The van der Waals surface area contributed by atoms with Crippen LogP contribution < -0.4 is 19.1 Å². The second-order valence-corrected chi connectivity index (χ2v) is 12.6. The van der Waals surface area contributed by atoms with E-state index in [1.54, 1.807) is 31.2 Å². The van der Waals surface area contributed by atoms with Gasteiger partial charge >= 0.3 is 0 Å². The van der Waals surface area contributed by atoms with Crippen LogP contribution in [-0.4, -0.2) is 58.0 Å². The number of sulfonamides is 1. The number of rotatable bonds is 12. The Kier molecular flexibility index (Phi) is 10.5. The van der Waals surface area contributed by atoms with Crippen molar-refractivity contribution in [2.75, 3.05) is 25.1 Å². The minimum Gasteiger partial charge on any atom is -0.493 e. The molecular formula is C31H35ClFN3O6S. The normalized spacial score (nSPS) is 14.2. The van der Waals surface area contributed by atoms with Gasteiger partial charge in [-0.1, -0.05) is 36.6 Å². The average molecular weight is 632 g/mol. The van der Waals surface area contributed by atoms with Gasteiger partial charge in [-0.2, -0.15) is 0 Å². The summed E-state index contributed by atoms with van der Waals surface area (Å²) in [6, 6.07) is 14.8. The SMILES string of the molecule is COc1ccc(S(=O)(=O)N(CC(=O)N(Cc2ccc(Cl)cc2)C(C)C(=O)NC2CCCC2)c2ccc(F)cc2)cc1OC. The third-order valence-electron chi connectivity index (χ3n) is 7.47. The van der Waals surface area contributed by atoms with Crippen molar-refractivity contribution in [3.05, 3.63) is 83.1 Å². The fourth-order valence-corrected chi connectivity index (χ4v) is 6.56. The molecular weight excluding hydrogens is 597 g/mol. The van der Waals surface area contributed by atoms with Crippen LogP contribution in [0.1, 0.15) is 38.2 Å². The molecule has 1 atom stereocenters. The molecule has 0 heterocycles. The van der Waals surface area contributed by atoms with Gasteiger partial charge in [0.2, 0.25) is 11.8 Å². The fraction of sp³-hybridized carbons (Fsp3) is 0.355. The number of anilines is 1. The van der Waals surface area contributed by atoms with E-state index in [4.69, 9.17) is 21.1 Å². The predicted octanol–water partition coefficient (Wildman–Crippen LogP) is 5.17. The zero-order chi connectivity index (χ0) is 31.1. The summed E-state index contributed by atoms with van der Waals surface area (Å²) in [5, 5.41) is 3.54. The lowest BCUT2D eigenvalue weighted by Gasteiger charge is -2.32. The molecule has 1 aliphatic carbocycles. The van der Waals surface area contributed by atoms with Gasteiger partial charge < -0.3 is 19.7 Å². The second-order valence-electron chi connectivity index (χ2n) is 10.3. The number of hydrogen-bond acceptors (Lipinski definition) is 6. The third kappa shape index (κ3) is 7.77. The predicted molar refractivity (Wildman–Crippen MR) is 162 cm³/mol. The van der Waals surface area contributed by atoms with E-state index < -0.39 is 34.3 Å². The lowest BCUT2D eigenvalue weighted by Crippen LogP contribution is -2.52. The molecule has 0 bridgehead atoms. The van der Waals surface area contributed by atoms with Gasteiger partial charge in [0, 0.05) is 23.7 Å². The average Bonchev–Trinajstić information content (AvgIpc) is 3.52. The molecule has 43 heavy (non-hydrogen) atoms. The zero-order valence-corrected chi connectivity index (χ0v) is 25.8. The van der Waals surface area contributed by atoms with Crippen molar-refractivity contribution in [2.24, 2.45) is 0 Å². The lowest BCUT2D eigenvalue weighted by atomic mass is 10.1. The number of amides is 2. The number of nitrogens with zero attached hydrogens (tertiary/aromatic N) is 2. The van der Waals surface area contributed by atoms with Gasteiger partial charge in [-0.3, -0.25) is 13.9 Å². The quantitative estimate of drug-likeness (QED) is 0.296. The van der Waals surface area contributed by atoms with E-state index in [0.29, 0.717) is 16.3 Å². The van der Waals surface area contributed by atoms with Crippen LogP contribution >= 0.6 is 11.6 Å². The summed E-state index contributed by atoms with van der Waals surface area (Å²) in [5.74, 6) is -1.03. The Morgan fingerprint density at radius 1 is 0.977 bits per heavy atom. The Bertz CT molecular complexity index is 1530. The second kappa shape index (κ2) is 14.1. The van der Waals surface area contributed by atoms with Gasteiger partial charge in [0.05, 0.1) is 24.8 Å². The van der Waals surface area contributed by atoms with Crippen LogP contribution in [0.5, 0.6) is 11.5 Å². The number of benzene rings is 3. The van der Waals surface area contributed by atoms with Crippen LogP contribution in [0.25, 0.3) is 0 Å². The first-order chi connectivity index (χ1) is 20.5. The number of carbonyl (C=O) groups is 2. The van der Waals surface area contributed by atoms with Gasteiger partial charge in [-0.05, 0) is 73.9 Å². The Hall–Kier alpha value is -3.83. The third-order valence-corrected chi connectivity index (χ3v) is 9.49. The minimum atomic E-state index is -4.39. The highest BCUT2D eigenvalue weighted by molar-refractivity contribution is 7.92. The van der Waals surface area contributed by atoms with Crippen molar-refractivity contribution in [3.8, 4) is 11.5 Å². The maximum atomic E-state index is 14.0. The van der Waals surface area contributed by atoms with Gasteiger partial charge in [-0.15, -0.1) is 0 Å². The Balaban J connectivity index is 1.71. The molecule has 230 valence electrons. The van der Waals surface area contributed by atoms with E-state index in [0.717, 1.165) is 42.1 Å². The van der Waals surface area contributed by atoms with Crippen molar-refractivity contribution in [2.45, 2.75) is 56.1 Å². The van der Waals surface area contributed by atoms with Gasteiger partial charge in [-0.25, -0.2) is 12.8 Å². The van der Waals surface area contributed by atoms with Crippen LogP contribution in [0.4, 0.5) is 10.1 Å². The first kappa shape index (κ1) is 32.1. The maximum Gasteiger partial charge on any atom is 0.264 e. The highest BCUT2D eigenvalue weighted by Crippen LogP contribution is 2.32. The molecule has 12 heteroatoms. The van der Waals surface area contributed by atoms with Gasteiger partial charge in [0.1, 0.15) is 18.4 Å². The molecule has 9 nitrogen and oxygen atoms in total. The molecule has 0 spiro atoms. The van der Waals surface area contributed by atoms with Crippen molar-refractivity contribution in [1.82, 2.24) is 10.2 Å². The molecule has 2 amide bonds. The maximum absolute atomic E-state index is 14.0. The summed E-state index contributed by atoms with van der Waals surface area (Å²) < 4.78 is 53.4. The topological polar surface area (TPSA) is 105 Å². The van der Waals surface area contributed by atoms with E-state index in [2.05, 4.69) is 5.32 Å². The first-order valence-electron chi connectivity index (χ1n) is 13.9. The van der Waals surface area contributed by atoms with E-state index in [9.17, 15) is 22.4 Å². The smallest absolute Gasteiger partial charge is 0.264 e. The van der Waals surface area contributed by atoms with Crippen LogP contribution in [0.15, 0.2) is 71.6 Å². The van der Waals surface area contributed by atoms with Crippen molar-refractivity contribution >= 4 is 39.1 Å². The lowest BCUT2D eigenvalue weighted by molar-refractivity contribution is -0.139. The molecule has 1 N–H and O–H groups in total. The van der Waals surface area contributed by atoms with Crippen molar-refractivity contribution in [1.29, 1.82) is 0 Å². The minimum absolute atomic E-state index is 0.0307. The van der Waals surface area contributed by atoms with E-state index in [1.807, 2.05) is 0 Å². The number of methoxy groups -OCH3 is 2. The Morgan fingerprint density at radius 2 is 1.60 bits per heavy atom. The van der Waals surface area contributed by atoms with E-state index in [1.165, 1.54) is 49.5 Å². The molecule has 0 saturated heterocycles. The zero-order valence-electron chi connectivity index (χ0n) is 24.3. The van der Waals surface area contributed by atoms with Crippen LogP contribution in [0, 0.1) is 5.82 Å². The summed E-state index contributed by atoms with van der Waals surface area (Å²) in [6.07, 6.45) is 3.78. The first-order valence-corrected chi connectivity index (χ1v) is 15.7. The van der Waals surface area contributed by atoms with Crippen molar-refractivity contribution in [3.63, 3.8) is 0 Å². The number of carbonyl (C=O) groups excluding carboxylic acids is 2. The summed E-state index contributed by atoms with van der Waals surface area (Å²) in [7, 11) is -1.58. The number of nitrogens with one attached hydrogen (secondary N) is 1. The molecule has 1 unspecified atom stereocenters. The molecule has 1 aliphatic rings. The van der Waals surface area contributed by atoms with Gasteiger partial charge in [0.25, 0.3) is 10.0 Å². The molecule has 4 rings (SSSR count). The standard InChI is InChI=1S/C31H35ClFN3O6S/c1-21(31(38)34-25-6-4-5-7-25)35(19-22-8-10-23(32)11-9-22)30(37)20-36(26-14-12-24(33)13-15-26)43(39,40)27-16-17-28(41-2)29(18-27)42-3/h8-18,21,25H,4-7,19-20H2,1-3H3,(H,34,38). The van der Waals surface area contributed by atoms with Crippen LogP contribution in [-0.2, 0) is 26.2 Å². The summed E-state index contributed by atoms with van der Waals surface area (Å²) in [5.41, 5.74) is 0.772. The number of hydrogen-bond donors (Lipinski definition) is 1. The van der Waals surface area contributed by atoms with E-state index in [-0.39, 0.29) is 34.8 Å². The number of halogens is 2. The van der Waals surface area contributed by atoms with E-state index >= 15 is 0 Å². The molecule has 0 aliphatic heterocycles. The Labute approximate surface area is 256 Å². The molecule has 3 aromatic rings. The molecule has 1 fully saturated rings. The molecule has 0 radical (unpaired) electrons. The highest BCUT2D eigenvalue weighted by atomic mass is 35.5. The molecule has 1 saturated carbocycles. The van der Waals surface area contributed by atoms with Crippen LogP contribution in [0.3, 0.4) is 0 Å². The van der Waals surface area contributed by atoms with Crippen molar-refractivity contribution < 1.29 is 31.9 Å².